The van der Waals surface area contributed by atoms with Crippen molar-refractivity contribution in [2.24, 2.45) is 0 Å². The molecule has 0 aliphatic rings. The smallest absolute Gasteiger partial charge is 0.246 e. The lowest BCUT2D eigenvalue weighted by Gasteiger charge is -2.28. The lowest BCUT2D eigenvalue weighted by Crippen LogP contribution is -2.51. The van der Waals surface area contributed by atoms with Gasteiger partial charge in [-0.3, -0.25) is 4.79 Å². The molecule has 1 aromatic heterocycles. The molecule has 0 aliphatic carbocycles. The number of hydrogen-bond donors (Lipinski definition) is 2. The first kappa shape index (κ1) is 12.6. The third kappa shape index (κ3) is 1.99. The topological polar surface area (TPSA) is 48.1 Å². The van der Waals surface area contributed by atoms with Gasteiger partial charge in [0.2, 0.25) is 5.91 Å². The molecule has 0 atom stereocenters. The molecule has 4 nitrogen and oxygen atoms in total. The Labute approximate surface area is 107 Å². The summed E-state index contributed by atoms with van der Waals surface area (Å²) in [6.45, 7) is 3.75. The lowest BCUT2D eigenvalue weighted by atomic mass is 10.0. The molecule has 0 radical (unpaired) electrons. The summed E-state index contributed by atoms with van der Waals surface area (Å²) in [6.07, 6.45) is 1.87. The maximum Gasteiger partial charge on any atom is 0.246 e. The van der Waals surface area contributed by atoms with E-state index in [2.05, 4.69) is 10.3 Å². The van der Waals surface area contributed by atoms with E-state index in [9.17, 15) is 4.79 Å². The molecule has 96 valence electrons. The summed E-state index contributed by atoms with van der Waals surface area (Å²) in [5, 5.41) is 4.09. The van der Waals surface area contributed by atoms with Gasteiger partial charge >= 0.3 is 0 Å². The number of amides is 1. The fraction of sp³-hybridized carbons (Fsp3) is 0.357. The number of para-hydroxylation sites is 1. The number of fused-ring (bicyclic) bond motifs is 1. The minimum atomic E-state index is -0.576. The van der Waals surface area contributed by atoms with Crippen LogP contribution in [-0.4, -0.2) is 30.5 Å². The average molecular weight is 245 g/mol. The van der Waals surface area contributed by atoms with Gasteiger partial charge in [-0.15, -0.1) is 0 Å². The molecule has 0 aliphatic heterocycles. The monoisotopic (exact) mass is 245 g/mol. The van der Waals surface area contributed by atoms with Crippen LogP contribution >= 0.6 is 0 Å². The van der Waals surface area contributed by atoms with Crippen molar-refractivity contribution in [1.82, 2.24) is 10.3 Å². The molecule has 0 bridgehead atoms. The number of carbonyl (C=O) groups excluding carboxylic acids is 1. The van der Waals surface area contributed by atoms with E-state index in [0.717, 1.165) is 16.6 Å². The molecule has 1 heterocycles. The second kappa shape index (κ2) is 4.46. The Hall–Kier alpha value is -1.81. The van der Waals surface area contributed by atoms with Crippen LogP contribution in [-0.2, 0) is 4.79 Å². The van der Waals surface area contributed by atoms with Crippen molar-refractivity contribution in [3.8, 4) is 0 Å². The highest BCUT2D eigenvalue weighted by molar-refractivity contribution is 6.06. The molecule has 1 amide bonds. The number of anilines is 1. The normalized spacial score (nSPS) is 11.8. The van der Waals surface area contributed by atoms with E-state index in [1.165, 1.54) is 0 Å². The van der Waals surface area contributed by atoms with Crippen molar-refractivity contribution >= 4 is 22.5 Å². The fourth-order valence-electron chi connectivity index (χ4n) is 1.97. The van der Waals surface area contributed by atoms with Gasteiger partial charge in [-0.1, -0.05) is 18.2 Å². The molecule has 0 saturated heterocycles. The van der Waals surface area contributed by atoms with Gasteiger partial charge in [0.05, 0.1) is 11.2 Å². The van der Waals surface area contributed by atoms with E-state index in [4.69, 9.17) is 0 Å². The second-order valence-corrected chi connectivity index (χ2v) is 4.96. The summed E-state index contributed by atoms with van der Waals surface area (Å²) < 4.78 is 0. The Bertz CT molecular complexity index is 571. The van der Waals surface area contributed by atoms with Gasteiger partial charge in [-0.05, 0) is 27.0 Å². The Morgan fingerprint density at radius 2 is 2.00 bits per heavy atom. The number of likely N-dealkylation sites (N-methyl/N-ethyl adjacent to an activating group) is 2. The van der Waals surface area contributed by atoms with Gasteiger partial charge in [0.25, 0.3) is 0 Å². The third-order valence-corrected chi connectivity index (χ3v) is 3.39. The van der Waals surface area contributed by atoms with Crippen molar-refractivity contribution in [3.63, 3.8) is 0 Å². The maximum absolute atomic E-state index is 12.4. The molecule has 0 fully saturated rings. The molecule has 2 N–H and O–H groups in total. The van der Waals surface area contributed by atoms with Gasteiger partial charge in [0, 0.05) is 24.1 Å². The number of nitrogens with zero attached hydrogens (tertiary/aromatic N) is 1. The van der Waals surface area contributed by atoms with Gasteiger partial charge in [0.1, 0.15) is 0 Å². The highest BCUT2D eigenvalue weighted by Crippen LogP contribution is 2.26. The summed E-state index contributed by atoms with van der Waals surface area (Å²) in [4.78, 5) is 17.3. The number of rotatable bonds is 3. The van der Waals surface area contributed by atoms with E-state index in [-0.39, 0.29) is 5.91 Å². The van der Waals surface area contributed by atoms with Crippen molar-refractivity contribution < 1.29 is 4.79 Å². The summed E-state index contributed by atoms with van der Waals surface area (Å²) in [5.74, 6) is 0.0368. The summed E-state index contributed by atoms with van der Waals surface area (Å²) >= 11 is 0. The molecule has 0 saturated carbocycles. The van der Waals surface area contributed by atoms with Crippen molar-refractivity contribution in [2.75, 3.05) is 19.0 Å². The van der Waals surface area contributed by atoms with Crippen LogP contribution in [0.25, 0.3) is 10.9 Å². The Kier molecular flexibility index (Phi) is 3.13. The molecule has 0 unspecified atom stereocenters. The van der Waals surface area contributed by atoms with Crippen LogP contribution in [0, 0.1) is 0 Å². The highest BCUT2D eigenvalue weighted by atomic mass is 16.2. The number of nitrogens with one attached hydrogen (secondary N) is 2. The van der Waals surface area contributed by atoms with Crippen LogP contribution in [0.1, 0.15) is 13.8 Å². The van der Waals surface area contributed by atoms with Crippen LogP contribution < -0.4 is 10.2 Å². The summed E-state index contributed by atoms with van der Waals surface area (Å²) in [5.41, 5.74) is 1.36. The first-order valence-corrected chi connectivity index (χ1v) is 6.00. The first-order chi connectivity index (χ1) is 8.47. The Balaban J connectivity index is 2.40. The van der Waals surface area contributed by atoms with Gasteiger partial charge in [-0.25, -0.2) is 0 Å². The standard InChI is InChI=1S/C14H19N3O/c1-14(2,15-3)13(18)17(4)12-9-16-11-8-6-5-7-10(11)12/h5-9,15-16H,1-4H3. The zero-order chi connectivity index (χ0) is 13.3. The SMILES string of the molecule is CNC(C)(C)C(=O)N(C)c1c[nH]c2ccccc12. The molecule has 2 aromatic rings. The number of H-pyrrole nitrogens is 1. The molecule has 0 spiro atoms. The number of aromatic nitrogens is 1. The Morgan fingerprint density at radius 3 is 2.67 bits per heavy atom. The van der Waals surface area contributed by atoms with E-state index in [1.807, 2.05) is 44.3 Å². The van der Waals surface area contributed by atoms with Crippen LogP contribution in [0.4, 0.5) is 5.69 Å². The predicted octanol–water partition coefficient (Wildman–Crippen LogP) is 2.13. The zero-order valence-electron chi connectivity index (χ0n) is 11.2. The summed E-state index contributed by atoms with van der Waals surface area (Å²) in [7, 11) is 3.60. The van der Waals surface area contributed by atoms with E-state index >= 15 is 0 Å². The Morgan fingerprint density at radius 1 is 1.33 bits per heavy atom. The van der Waals surface area contributed by atoms with Crippen LogP contribution in [0.3, 0.4) is 0 Å². The number of hydrogen-bond acceptors (Lipinski definition) is 2. The third-order valence-electron chi connectivity index (χ3n) is 3.39. The second-order valence-electron chi connectivity index (χ2n) is 4.96. The number of carbonyl (C=O) groups is 1. The first-order valence-electron chi connectivity index (χ1n) is 6.00. The molecular weight excluding hydrogens is 226 g/mol. The van der Waals surface area contributed by atoms with Crippen molar-refractivity contribution in [1.29, 1.82) is 0 Å². The molecule has 18 heavy (non-hydrogen) atoms. The average Bonchev–Trinajstić information content (AvgIpc) is 2.80. The molecule has 2 rings (SSSR count). The van der Waals surface area contributed by atoms with Crippen LogP contribution in [0.15, 0.2) is 30.5 Å². The van der Waals surface area contributed by atoms with E-state index in [0.29, 0.717) is 0 Å². The van der Waals surface area contributed by atoms with E-state index in [1.54, 1.807) is 19.0 Å². The number of benzene rings is 1. The van der Waals surface area contributed by atoms with Gasteiger partial charge in [0.15, 0.2) is 0 Å². The fourth-order valence-corrected chi connectivity index (χ4v) is 1.97. The van der Waals surface area contributed by atoms with Crippen LogP contribution in [0.5, 0.6) is 0 Å². The largest absolute Gasteiger partial charge is 0.359 e. The quantitative estimate of drug-likeness (QED) is 0.870. The van der Waals surface area contributed by atoms with Gasteiger partial charge in [-0.2, -0.15) is 0 Å². The molecule has 4 heteroatoms. The maximum atomic E-state index is 12.4. The van der Waals surface area contributed by atoms with E-state index < -0.39 is 5.54 Å². The zero-order valence-corrected chi connectivity index (χ0v) is 11.2. The van der Waals surface area contributed by atoms with Crippen LogP contribution in [0.2, 0.25) is 0 Å². The molecular formula is C14H19N3O. The predicted molar refractivity (Wildman–Crippen MR) is 74.8 cm³/mol. The highest BCUT2D eigenvalue weighted by Gasteiger charge is 2.29. The minimum Gasteiger partial charge on any atom is -0.359 e. The molecule has 1 aromatic carbocycles. The minimum absolute atomic E-state index is 0.0368. The summed E-state index contributed by atoms with van der Waals surface area (Å²) in [6, 6.07) is 7.96. The lowest BCUT2D eigenvalue weighted by molar-refractivity contribution is -0.123. The van der Waals surface area contributed by atoms with Crippen molar-refractivity contribution in [3.05, 3.63) is 30.5 Å². The number of aromatic amines is 1. The van der Waals surface area contributed by atoms with Crippen molar-refractivity contribution in [2.45, 2.75) is 19.4 Å². The van der Waals surface area contributed by atoms with Gasteiger partial charge < -0.3 is 15.2 Å².